The summed E-state index contributed by atoms with van der Waals surface area (Å²) in [4.78, 5) is 0. The molecule has 0 bridgehead atoms. The Morgan fingerprint density at radius 2 is 1.53 bits per heavy atom. The van der Waals surface area contributed by atoms with E-state index in [-0.39, 0.29) is 5.95 Å². The Morgan fingerprint density at radius 3 is 2.21 bits per heavy atom. The van der Waals surface area contributed by atoms with E-state index in [1.165, 1.54) is 4.57 Å². The summed E-state index contributed by atoms with van der Waals surface area (Å²) < 4.78 is 16.0. The quantitative estimate of drug-likeness (QED) is 0.622. The topological polar surface area (TPSA) is 4.93 Å². The van der Waals surface area contributed by atoms with Crippen LogP contribution in [0.2, 0.25) is 5.02 Å². The van der Waals surface area contributed by atoms with E-state index in [9.17, 15) is 4.39 Å². The highest BCUT2D eigenvalue weighted by Gasteiger charge is 2.11. The minimum absolute atomic E-state index is 0.270. The molecule has 3 aromatic rings. The van der Waals surface area contributed by atoms with E-state index in [1.807, 2.05) is 42.5 Å². The molecule has 0 N–H and O–H groups in total. The molecule has 3 heteroatoms. The molecule has 0 radical (unpaired) electrons. The molecular weight excluding hydrogens is 261 g/mol. The first kappa shape index (κ1) is 12.0. The molecular formula is C16H11ClFN. The smallest absolute Gasteiger partial charge is 0.206 e. The van der Waals surface area contributed by atoms with Crippen LogP contribution >= 0.6 is 11.6 Å². The number of halogens is 2. The number of para-hydroxylation sites is 1. The number of hydrogen-bond donors (Lipinski definition) is 0. The Bertz CT molecular complexity index is 687. The molecule has 0 aliphatic heterocycles. The minimum Gasteiger partial charge on any atom is -0.293 e. The predicted octanol–water partition coefficient (Wildman–Crippen LogP) is 4.94. The molecule has 94 valence electrons. The van der Waals surface area contributed by atoms with Crippen LogP contribution in [-0.2, 0) is 0 Å². The van der Waals surface area contributed by atoms with Crippen molar-refractivity contribution < 1.29 is 4.39 Å². The lowest BCUT2D eigenvalue weighted by molar-refractivity contribution is 0.563. The molecule has 19 heavy (non-hydrogen) atoms. The standard InChI is InChI=1S/C16H11ClFN/c17-13-8-6-12(7-9-13)15-10-11-19(16(15)18)14-4-2-1-3-5-14/h1-11H. The van der Waals surface area contributed by atoms with Crippen LogP contribution in [0.25, 0.3) is 16.8 Å². The molecule has 0 saturated carbocycles. The van der Waals surface area contributed by atoms with Gasteiger partial charge in [-0.2, -0.15) is 4.39 Å². The summed E-state index contributed by atoms with van der Waals surface area (Å²) in [5, 5.41) is 0.645. The number of benzene rings is 2. The fourth-order valence-corrected chi connectivity index (χ4v) is 2.17. The lowest BCUT2D eigenvalue weighted by atomic mass is 10.1. The van der Waals surface area contributed by atoms with Gasteiger partial charge in [-0.3, -0.25) is 4.57 Å². The van der Waals surface area contributed by atoms with Crippen LogP contribution in [-0.4, -0.2) is 4.57 Å². The van der Waals surface area contributed by atoms with Gasteiger partial charge >= 0.3 is 0 Å². The summed E-state index contributed by atoms with van der Waals surface area (Å²) in [6.45, 7) is 0. The van der Waals surface area contributed by atoms with Gasteiger partial charge in [0.15, 0.2) is 0 Å². The third-order valence-electron chi connectivity index (χ3n) is 3.01. The van der Waals surface area contributed by atoms with Gasteiger partial charge < -0.3 is 0 Å². The van der Waals surface area contributed by atoms with E-state index in [0.29, 0.717) is 10.6 Å². The van der Waals surface area contributed by atoms with E-state index in [2.05, 4.69) is 0 Å². The van der Waals surface area contributed by atoms with Crippen LogP contribution < -0.4 is 0 Å². The molecule has 1 heterocycles. The maximum atomic E-state index is 14.4. The summed E-state index contributed by atoms with van der Waals surface area (Å²) in [6, 6.07) is 18.3. The van der Waals surface area contributed by atoms with Gasteiger partial charge in [0.25, 0.3) is 0 Å². The Morgan fingerprint density at radius 1 is 0.842 bits per heavy atom. The fourth-order valence-electron chi connectivity index (χ4n) is 2.05. The van der Waals surface area contributed by atoms with Crippen molar-refractivity contribution in [3.8, 4) is 16.8 Å². The van der Waals surface area contributed by atoms with Gasteiger partial charge in [0.2, 0.25) is 5.95 Å². The van der Waals surface area contributed by atoms with Crippen molar-refractivity contribution in [3.63, 3.8) is 0 Å². The van der Waals surface area contributed by atoms with Crippen molar-refractivity contribution in [1.82, 2.24) is 4.57 Å². The van der Waals surface area contributed by atoms with Crippen molar-refractivity contribution in [2.75, 3.05) is 0 Å². The second-order valence-electron chi connectivity index (χ2n) is 4.23. The van der Waals surface area contributed by atoms with E-state index >= 15 is 0 Å². The molecule has 0 saturated heterocycles. The second kappa shape index (κ2) is 4.90. The summed E-state index contributed by atoms with van der Waals surface area (Å²) in [5.41, 5.74) is 2.19. The highest BCUT2D eigenvalue weighted by atomic mass is 35.5. The molecule has 0 amide bonds. The van der Waals surface area contributed by atoms with Gasteiger partial charge in [-0.05, 0) is 35.9 Å². The monoisotopic (exact) mass is 271 g/mol. The molecule has 0 spiro atoms. The van der Waals surface area contributed by atoms with Gasteiger partial charge in [-0.25, -0.2) is 0 Å². The summed E-state index contributed by atoms with van der Waals surface area (Å²) >= 11 is 5.84. The Labute approximate surface area is 115 Å². The Kier molecular flexibility index (Phi) is 3.10. The molecule has 0 aliphatic carbocycles. The lowest BCUT2D eigenvalue weighted by Gasteiger charge is -2.04. The minimum atomic E-state index is -0.270. The average molecular weight is 272 g/mol. The molecule has 1 nitrogen and oxygen atoms in total. The van der Waals surface area contributed by atoms with Crippen molar-refractivity contribution >= 4 is 11.6 Å². The zero-order valence-corrected chi connectivity index (χ0v) is 10.8. The van der Waals surface area contributed by atoms with Gasteiger partial charge in [-0.1, -0.05) is 41.9 Å². The van der Waals surface area contributed by atoms with E-state index in [0.717, 1.165) is 11.3 Å². The molecule has 3 rings (SSSR count). The lowest BCUT2D eigenvalue weighted by Crippen LogP contribution is -1.95. The maximum absolute atomic E-state index is 14.4. The second-order valence-corrected chi connectivity index (χ2v) is 4.67. The maximum Gasteiger partial charge on any atom is 0.206 e. The zero-order chi connectivity index (χ0) is 13.2. The van der Waals surface area contributed by atoms with Crippen molar-refractivity contribution in [2.45, 2.75) is 0 Å². The summed E-state index contributed by atoms with van der Waals surface area (Å²) in [6.07, 6.45) is 1.73. The highest BCUT2D eigenvalue weighted by molar-refractivity contribution is 6.30. The number of hydrogen-bond acceptors (Lipinski definition) is 0. The van der Waals surface area contributed by atoms with E-state index in [4.69, 9.17) is 11.6 Å². The first-order valence-corrected chi connectivity index (χ1v) is 6.32. The molecule has 0 unspecified atom stereocenters. The van der Waals surface area contributed by atoms with Gasteiger partial charge in [0.05, 0.1) is 0 Å². The Balaban J connectivity index is 2.06. The molecule has 2 aromatic carbocycles. The third-order valence-corrected chi connectivity index (χ3v) is 3.27. The molecule has 1 aromatic heterocycles. The van der Waals surface area contributed by atoms with E-state index in [1.54, 1.807) is 24.4 Å². The Hall–Kier alpha value is -2.06. The van der Waals surface area contributed by atoms with E-state index < -0.39 is 0 Å². The number of rotatable bonds is 2. The third kappa shape index (κ3) is 2.27. The van der Waals surface area contributed by atoms with Crippen molar-refractivity contribution in [1.29, 1.82) is 0 Å². The van der Waals surface area contributed by atoms with Crippen LogP contribution in [0.5, 0.6) is 0 Å². The van der Waals surface area contributed by atoms with Gasteiger partial charge in [-0.15, -0.1) is 0 Å². The average Bonchev–Trinajstić information content (AvgIpc) is 2.83. The largest absolute Gasteiger partial charge is 0.293 e. The van der Waals surface area contributed by atoms with Crippen molar-refractivity contribution in [2.24, 2.45) is 0 Å². The number of aromatic nitrogens is 1. The zero-order valence-electron chi connectivity index (χ0n) is 10.1. The van der Waals surface area contributed by atoms with Crippen LogP contribution in [0.1, 0.15) is 0 Å². The van der Waals surface area contributed by atoms with Crippen molar-refractivity contribution in [3.05, 3.63) is 77.8 Å². The molecule has 0 aliphatic rings. The van der Waals surface area contributed by atoms with Crippen LogP contribution in [0, 0.1) is 5.95 Å². The number of nitrogens with zero attached hydrogens (tertiary/aromatic N) is 1. The summed E-state index contributed by atoms with van der Waals surface area (Å²) in [7, 11) is 0. The van der Waals surface area contributed by atoms with Gasteiger partial charge in [0, 0.05) is 22.5 Å². The first-order valence-electron chi connectivity index (χ1n) is 5.94. The predicted molar refractivity (Wildman–Crippen MR) is 76.2 cm³/mol. The molecule has 0 atom stereocenters. The summed E-state index contributed by atoms with van der Waals surface area (Å²) in [5.74, 6) is -0.270. The SMILES string of the molecule is Fc1c(-c2ccc(Cl)cc2)ccn1-c1ccccc1. The van der Waals surface area contributed by atoms with Crippen LogP contribution in [0.15, 0.2) is 66.9 Å². The first-order chi connectivity index (χ1) is 9.25. The van der Waals surface area contributed by atoms with Crippen LogP contribution in [0.4, 0.5) is 4.39 Å². The normalized spacial score (nSPS) is 10.6. The highest BCUT2D eigenvalue weighted by Crippen LogP contribution is 2.26. The van der Waals surface area contributed by atoms with Crippen LogP contribution in [0.3, 0.4) is 0 Å². The van der Waals surface area contributed by atoms with Gasteiger partial charge in [0.1, 0.15) is 0 Å². The molecule has 0 fully saturated rings. The fraction of sp³-hybridized carbons (Fsp3) is 0.